The van der Waals surface area contributed by atoms with Crippen LogP contribution in [0.15, 0.2) is 48.5 Å². The van der Waals surface area contributed by atoms with Crippen molar-refractivity contribution >= 4 is 23.5 Å². The zero-order chi connectivity index (χ0) is 20.5. The first-order chi connectivity index (χ1) is 13.4. The number of amides is 2. The van der Waals surface area contributed by atoms with Crippen LogP contribution in [-0.4, -0.2) is 30.5 Å². The lowest BCUT2D eigenvalue weighted by molar-refractivity contribution is -0.153. The molecule has 7 heteroatoms. The highest BCUT2D eigenvalue weighted by atomic mass is 16.5. The van der Waals surface area contributed by atoms with Gasteiger partial charge in [-0.1, -0.05) is 18.2 Å². The van der Waals surface area contributed by atoms with Gasteiger partial charge in [0, 0.05) is 17.7 Å². The van der Waals surface area contributed by atoms with E-state index in [1.165, 1.54) is 19.1 Å². The average molecular weight is 384 g/mol. The molecule has 0 unspecified atom stereocenters. The molecule has 0 heterocycles. The lowest BCUT2D eigenvalue weighted by Gasteiger charge is -2.14. The number of primary amides is 1. The Balaban J connectivity index is 1.84. The van der Waals surface area contributed by atoms with Crippen LogP contribution in [0.2, 0.25) is 0 Å². The van der Waals surface area contributed by atoms with Crippen LogP contribution in [0.4, 0.5) is 5.69 Å². The quantitative estimate of drug-likeness (QED) is 0.646. The minimum absolute atomic E-state index is 0.134. The van der Waals surface area contributed by atoms with E-state index in [1.54, 1.807) is 12.1 Å². The van der Waals surface area contributed by atoms with Gasteiger partial charge in [0.25, 0.3) is 5.91 Å². The topological polar surface area (TPSA) is 108 Å². The van der Waals surface area contributed by atoms with Crippen LogP contribution < -0.4 is 15.8 Å². The minimum Gasteiger partial charge on any atom is -0.494 e. The number of nitrogens with one attached hydrogen (secondary N) is 1. The molecular formula is C21H24N2O5. The molecule has 2 aromatic rings. The number of carbonyl (C=O) groups is 3. The Kier molecular flexibility index (Phi) is 7.56. The number of carbonyl (C=O) groups excluding carboxylic acids is 3. The molecule has 28 heavy (non-hydrogen) atoms. The number of aryl methyl sites for hydroxylation is 1. The maximum atomic E-state index is 12.2. The molecule has 0 aromatic heterocycles. The molecule has 1 atom stereocenters. The Morgan fingerprint density at radius 3 is 2.39 bits per heavy atom. The molecule has 7 nitrogen and oxygen atoms in total. The van der Waals surface area contributed by atoms with E-state index >= 15 is 0 Å². The van der Waals surface area contributed by atoms with Gasteiger partial charge in [-0.05, 0) is 56.2 Å². The van der Waals surface area contributed by atoms with Gasteiger partial charge in [0.05, 0.1) is 6.61 Å². The third-order valence-electron chi connectivity index (χ3n) is 3.99. The molecule has 3 N–H and O–H groups in total. The van der Waals surface area contributed by atoms with E-state index in [0.717, 1.165) is 11.3 Å². The van der Waals surface area contributed by atoms with Gasteiger partial charge in [0.15, 0.2) is 6.10 Å². The predicted octanol–water partition coefficient (Wildman–Crippen LogP) is 2.69. The molecule has 0 fully saturated rings. The molecule has 2 rings (SSSR count). The molecule has 148 valence electrons. The summed E-state index contributed by atoms with van der Waals surface area (Å²) in [4.78, 5) is 35.3. The Morgan fingerprint density at radius 1 is 1.07 bits per heavy atom. The first kappa shape index (κ1) is 21.0. The van der Waals surface area contributed by atoms with Crippen LogP contribution in [0.3, 0.4) is 0 Å². The van der Waals surface area contributed by atoms with E-state index < -0.39 is 23.9 Å². The molecule has 0 aliphatic heterocycles. The van der Waals surface area contributed by atoms with Crippen LogP contribution >= 0.6 is 0 Å². The summed E-state index contributed by atoms with van der Waals surface area (Å²) in [6.45, 7) is 3.94. The van der Waals surface area contributed by atoms with Crippen LogP contribution in [0, 0.1) is 0 Å². The van der Waals surface area contributed by atoms with Gasteiger partial charge in [-0.2, -0.15) is 0 Å². The molecule has 2 amide bonds. The Labute approximate surface area is 163 Å². The maximum Gasteiger partial charge on any atom is 0.306 e. The third kappa shape index (κ3) is 6.12. The monoisotopic (exact) mass is 384 g/mol. The van der Waals surface area contributed by atoms with Crippen molar-refractivity contribution in [2.75, 3.05) is 11.9 Å². The maximum absolute atomic E-state index is 12.2. The average Bonchev–Trinajstić information content (AvgIpc) is 2.68. The van der Waals surface area contributed by atoms with Gasteiger partial charge in [-0.3, -0.25) is 14.4 Å². The molecule has 0 saturated carbocycles. The summed E-state index contributed by atoms with van der Waals surface area (Å²) in [5.41, 5.74) is 6.90. The van der Waals surface area contributed by atoms with Gasteiger partial charge in [-0.15, -0.1) is 0 Å². The lowest BCUT2D eigenvalue weighted by Crippen LogP contribution is -2.30. The predicted molar refractivity (Wildman–Crippen MR) is 105 cm³/mol. The second-order valence-electron chi connectivity index (χ2n) is 6.10. The largest absolute Gasteiger partial charge is 0.494 e. The second kappa shape index (κ2) is 10.1. The van der Waals surface area contributed by atoms with Gasteiger partial charge < -0.3 is 20.5 Å². The number of esters is 1. The standard InChI is InChI=1S/C21H24N2O5/c1-3-27-18-7-5-4-6-15(18)10-13-19(24)28-14(2)21(26)23-17-11-8-16(9-12-17)20(22)25/h4-9,11-12,14H,3,10,13H2,1-2H3,(H2,22,25)(H,23,26)/t14-/m0/s1. The number of rotatable bonds is 9. The highest BCUT2D eigenvalue weighted by Gasteiger charge is 2.18. The normalized spacial score (nSPS) is 11.4. The fourth-order valence-corrected chi connectivity index (χ4v) is 2.51. The van der Waals surface area contributed by atoms with Crippen molar-refractivity contribution in [2.45, 2.75) is 32.8 Å². The minimum atomic E-state index is -0.953. The first-order valence-corrected chi connectivity index (χ1v) is 9.01. The summed E-state index contributed by atoms with van der Waals surface area (Å²) >= 11 is 0. The summed E-state index contributed by atoms with van der Waals surface area (Å²) in [5.74, 6) is -0.748. The number of ether oxygens (including phenoxy) is 2. The van der Waals surface area contributed by atoms with E-state index in [2.05, 4.69) is 5.32 Å². The Morgan fingerprint density at radius 2 is 1.75 bits per heavy atom. The first-order valence-electron chi connectivity index (χ1n) is 9.01. The lowest BCUT2D eigenvalue weighted by atomic mass is 10.1. The summed E-state index contributed by atoms with van der Waals surface area (Å²) in [6, 6.07) is 13.6. The van der Waals surface area contributed by atoms with Crippen LogP contribution in [0.1, 0.15) is 36.2 Å². The van der Waals surface area contributed by atoms with Crippen LogP contribution in [0.5, 0.6) is 5.75 Å². The van der Waals surface area contributed by atoms with Crippen molar-refractivity contribution in [3.8, 4) is 5.75 Å². The van der Waals surface area contributed by atoms with E-state index in [1.807, 2.05) is 31.2 Å². The van der Waals surface area contributed by atoms with E-state index in [4.69, 9.17) is 15.2 Å². The van der Waals surface area contributed by atoms with Crippen molar-refractivity contribution in [2.24, 2.45) is 5.73 Å². The molecule has 0 bridgehead atoms. The SMILES string of the molecule is CCOc1ccccc1CCC(=O)O[C@@H](C)C(=O)Nc1ccc(C(N)=O)cc1. The summed E-state index contributed by atoms with van der Waals surface area (Å²) in [6.07, 6.45) is -0.363. The number of hydrogen-bond donors (Lipinski definition) is 2. The Bertz CT molecular complexity index is 833. The second-order valence-corrected chi connectivity index (χ2v) is 6.10. The van der Waals surface area contributed by atoms with E-state index in [9.17, 15) is 14.4 Å². The molecule has 0 saturated heterocycles. The molecule has 0 aliphatic carbocycles. The highest BCUT2D eigenvalue weighted by molar-refractivity contribution is 5.96. The van der Waals surface area contributed by atoms with E-state index in [0.29, 0.717) is 24.3 Å². The number of para-hydroxylation sites is 1. The van der Waals surface area contributed by atoms with Gasteiger partial charge >= 0.3 is 5.97 Å². The van der Waals surface area contributed by atoms with Crippen molar-refractivity contribution in [1.82, 2.24) is 0 Å². The van der Waals surface area contributed by atoms with Gasteiger partial charge in [-0.25, -0.2) is 0 Å². The molecule has 2 aromatic carbocycles. The van der Waals surface area contributed by atoms with Crippen molar-refractivity contribution in [1.29, 1.82) is 0 Å². The Hall–Kier alpha value is -3.35. The third-order valence-corrected chi connectivity index (χ3v) is 3.99. The van der Waals surface area contributed by atoms with Crippen LogP contribution in [0.25, 0.3) is 0 Å². The number of nitrogens with two attached hydrogens (primary N) is 1. The number of benzene rings is 2. The molecular weight excluding hydrogens is 360 g/mol. The number of hydrogen-bond acceptors (Lipinski definition) is 5. The highest BCUT2D eigenvalue weighted by Crippen LogP contribution is 2.20. The summed E-state index contributed by atoms with van der Waals surface area (Å²) in [7, 11) is 0. The fourth-order valence-electron chi connectivity index (χ4n) is 2.51. The molecule has 0 spiro atoms. The van der Waals surface area contributed by atoms with Crippen molar-refractivity contribution in [3.05, 3.63) is 59.7 Å². The molecule has 0 aliphatic rings. The summed E-state index contributed by atoms with van der Waals surface area (Å²) < 4.78 is 10.7. The summed E-state index contributed by atoms with van der Waals surface area (Å²) in [5, 5.41) is 2.62. The fraction of sp³-hybridized carbons (Fsp3) is 0.286. The van der Waals surface area contributed by atoms with Crippen molar-refractivity contribution in [3.63, 3.8) is 0 Å². The zero-order valence-corrected chi connectivity index (χ0v) is 15.9. The smallest absolute Gasteiger partial charge is 0.306 e. The zero-order valence-electron chi connectivity index (χ0n) is 15.9. The number of anilines is 1. The van der Waals surface area contributed by atoms with Gasteiger partial charge in [0.2, 0.25) is 5.91 Å². The molecule has 0 radical (unpaired) electrons. The van der Waals surface area contributed by atoms with Crippen molar-refractivity contribution < 1.29 is 23.9 Å². The van der Waals surface area contributed by atoms with E-state index in [-0.39, 0.29) is 6.42 Å². The van der Waals surface area contributed by atoms with Crippen LogP contribution in [-0.2, 0) is 20.7 Å². The van der Waals surface area contributed by atoms with Gasteiger partial charge in [0.1, 0.15) is 5.75 Å².